The van der Waals surface area contributed by atoms with Crippen molar-refractivity contribution >= 4 is 23.4 Å². The molecular formula is C7H7ClF3N2S. The third kappa shape index (κ3) is 3.09. The van der Waals surface area contributed by atoms with E-state index >= 15 is 0 Å². The number of thioether (sulfide) groups is 1. The SMILES string of the molecule is CCCn1n[c]c(Cl)c1SC(F)(F)F. The quantitative estimate of drug-likeness (QED) is 0.758. The van der Waals surface area contributed by atoms with Crippen LogP contribution in [0.15, 0.2) is 5.03 Å². The average Bonchev–Trinajstić information content (AvgIpc) is 2.34. The Hall–Kier alpha value is -0.360. The summed E-state index contributed by atoms with van der Waals surface area (Å²) in [5.74, 6) is 0. The summed E-state index contributed by atoms with van der Waals surface area (Å²) in [6.07, 6.45) is 2.99. The second-order valence-electron chi connectivity index (χ2n) is 2.50. The molecule has 1 heterocycles. The topological polar surface area (TPSA) is 17.8 Å². The van der Waals surface area contributed by atoms with Gasteiger partial charge in [0, 0.05) is 18.3 Å². The Labute approximate surface area is 88.4 Å². The molecule has 79 valence electrons. The van der Waals surface area contributed by atoms with Crippen molar-refractivity contribution in [3.05, 3.63) is 11.2 Å². The average molecular weight is 244 g/mol. The van der Waals surface area contributed by atoms with Crippen LogP contribution in [-0.2, 0) is 6.54 Å². The number of alkyl halides is 3. The second-order valence-corrected chi connectivity index (χ2v) is 3.93. The first-order valence-corrected chi connectivity index (χ1v) is 5.03. The van der Waals surface area contributed by atoms with E-state index in [0.29, 0.717) is 13.0 Å². The molecule has 0 spiro atoms. The van der Waals surface area contributed by atoms with Crippen molar-refractivity contribution in [1.82, 2.24) is 9.78 Å². The molecule has 0 bridgehead atoms. The van der Waals surface area contributed by atoms with Crippen molar-refractivity contribution in [2.45, 2.75) is 30.4 Å². The van der Waals surface area contributed by atoms with E-state index in [0.717, 1.165) is 0 Å². The van der Waals surface area contributed by atoms with Crippen LogP contribution in [0.2, 0.25) is 5.02 Å². The zero-order chi connectivity index (χ0) is 10.8. The van der Waals surface area contributed by atoms with Crippen LogP contribution in [0, 0.1) is 6.20 Å². The van der Waals surface area contributed by atoms with E-state index in [1.165, 1.54) is 4.68 Å². The first-order valence-electron chi connectivity index (χ1n) is 3.83. The van der Waals surface area contributed by atoms with Gasteiger partial charge in [-0.2, -0.15) is 18.3 Å². The molecule has 0 atom stereocenters. The lowest BCUT2D eigenvalue weighted by Gasteiger charge is -2.08. The molecule has 1 rings (SSSR count). The molecule has 0 amide bonds. The maximum Gasteiger partial charge on any atom is 0.447 e. The first-order chi connectivity index (χ1) is 6.44. The van der Waals surface area contributed by atoms with E-state index in [-0.39, 0.29) is 21.8 Å². The highest BCUT2D eigenvalue weighted by atomic mass is 35.5. The maximum absolute atomic E-state index is 12.1. The van der Waals surface area contributed by atoms with Crippen LogP contribution in [0.3, 0.4) is 0 Å². The second kappa shape index (κ2) is 4.44. The highest BCUT2D eigenvalue weighted by Gasteiger charge is 2.32. The molecule has 0 N–H and O–H groups in total. The van der Waals surface area contributed by atoms with Crippen LogP contribution in [-0.4, -0.2) is 15.3 Å². The van der Waals surface area contributed by atoms with Crippen LogP contribution >= 0.6 is 23.4 Å². The Morgan fingerprint density at radius 2 is 2.21 bits per heavy atom. The lowest BCUT2D eigenvalue weighted by Crippen LogP contribution is -2.06. The molecule has 0 aliphatic rings. The normalized spacial score (nSPS) is 12.1. The number of rotatable bonds is 3. The Kier molecular flexibility index (Phi) is 3.71. The molecule has 0 fully saturated rings. The summed E-state index contributed by atoms with van der Waals surface area (Å²) in [5, 5.41) is 3.45. The Morgan fingerprint density at radius 3 is 2.71 bits per heavy atom. The third-order valence-corrected chi connectivity index (χ3v) is 2.55. The fourth-order valence-electron chi connectivity index (χ4n) is 0.881. The van der Waals surface area contributed by atoms with Gasteiger partial charge in [-0.25, -0.2) is 0 Å². The van der Waals surface area contributed by atoms with E-state index in [2.05, 4.69) is 11.3 Å². The van der Waals surface area contributed by atoms with Crippen molar-refractivity contribution in [3.63, 3.8) is 0 Å². The predicted molar refractivity (Wildman–Crippen MR) is 48.3 cm³/mol. The number of nitrogens with zero attached hydrogens (tertiary/aromatic N) is 2. The molecule has 0 saturated heterocycles. The molecule has 2 nitrogen and oxygen atoms in total. The van der Waals surface area contributed by atoms with E-state index in [4.69, 9.17) is 11.6 Å². The predicted octanol–water partition coefficient (Wildman–Crippen LogP) is 3.36. The summed E-state index contributed by atoms with van der Waals surface area (Å²) in [6, 6.07) is 0. The highest BCUT2D eigenvalue weighted by Crippen LogP contribution is 2.39. The van der Waals surface area contributed by atoms with Gasteiger partial charge < -0.3 is 0 Å². The highest BCUT2D eigenvalue weighted by molar-refractivity contribution is 8.00. The number of halogens is 4. The summed E-state index contributed by atoms with van der Waals surface area (Å²) in [5.41, 5.74) is -4.34. The van der Waals surface area contributed by atoms with Crippen LogP contribution in [0.5, 0.6) is 0 Å². The molecule has 7 heteroatoms. The minimum atomic E-state index is -4.34. The van der Waals surface area contributed by atoms with Crippen molar-refractivity contribution < 1.29 is 13.2 Å². The van der Waals surface area contributed by atoms with Crippen molar-refractivity contribution in [3.8, 4) is 0 Å². The van der Waals surface area contributed by atoms with Gasteiger partial charge in [0.1, 0.15) is 16.2 Å². The fraction of sp³-hybridized carbons (Fsp3) is 0.571. The first kappa shape index (κ1) is 11.7. The molecule has 0 aliphatic carbocycles. The van der Waals surface area contributed by atoms with Gasteiger partial charge in [0.2, 0.25) is 0 Å². The Balaban J connectivity index is 2.88. The maximum atomic E-state index is 12.1. The zero-order valence-corrected chi connectivity index (χ0v) is 8.80. The minimum absolute atomic E-state index is 0.0826. The van der Waals surface area contributed by atoms with Crippen molar-refractivity contribution in [2.75, 3.05) is 0 Å². The molecule has 0 unspecified atom stereocenters. The van der Waals surface area contributed by atoms with E-state index in [9.17, 15) is 13.2 Å². The lowest BCUT2D eigenvalue weighted by molar-refractivity contribution is -0.0331. The number of aromatic nitrogens is 2. The zero-order valence-electron chi connectivity index (χ0n) is 7.23. The summed E-state index contributed by atoms with van der Waals surface area (Å²) >= 11 is 5.26. The lowest BCUT2D eigenvalue weighted by atomic mass is 10.5. The summed E-state index contributed by atoms with van der Waals surface area (Å²) in [6.45, 7) is 2.25. The molecular weight excluding hydrogens is 237 g/mol. The van der Waals surface area contributed by atoms with Crippen LogP contribution in [0.1, 0.15) is 13.3 Å². The van der Waals surface area contributed by atoms with E-state index in [1.54, 1.807) is 0 Å². The van der Waals surface area contributed by atoms with Crippen LogP contribution in [0.25, 0.3) is 0 Å². The molecule has 0 saturated carbocycles. The summed E-state index contributed by atoms with van der Waals surface area (Å²) in [7, 11) is 0. The van der Waals surface area contributed by atoms with Gasteiger partial charge >= 0.3 is 5.51 Å². The third-order valence-electron chi connectivity index (χ3n) is 1.34. The molecule has 1 radical (unpaired) electrons. The van der Waals surface area contributed by atoms with E-state index < -0.39 is 5.51 Å². The van der Waals surface area contributed by atoms with E-state index in [1.807, 2.05) is 6.92 Å². The molecule has 1 aromatic heterocycles. The molecule has 0 aliphatic heterocycles. The van der Waals surface area contributed by atoms with Gasteiger partial charge in [0.25, 0.3) is 0 Å². The van der Waals surface area contributed by atoms with Crippen molar-refractivity contribution in [1.29, 1.82) is 0 Å². The molecule has 1 aromatic rings. The number of hydrogen-bond donors (Lipinski definition) is 0. The van der Waals surface area contributed by atoms with Gasteiger partial charge in [0.05, 0.1) is 0 Å². The van der Waals surface area contributed by atoms with Crippen LogP contribution < -0.4 is 0 Å². The summed E-state index contributed by atoms with van der Waals surface area (Å²) < 4.78 is 37.4. The molecule has 0 aromatic carbocycles. The minimum Gasteiger partial charge on any atom is -0.256 e. The Bertz CT molecular complexity index is 310. The van der Waals surface area contributed by atoms with Crippen LogP contribution in [0.4, 0.5) is 13.2 Å². The number of aryl methyl sites for hydroxylation is 1. The standard InChI is InChI=1S/C7H7ClF3N2S/c1-2-3-13-6(5(8)4-12-13)14-7(9,10)11/h2-3H2,1H3. The molecule has 14 heavy (non-hydrogen) atoms. The van der Waals surface area contributed by atoms with Crippen molar-refractivity contribution in [2.24, 2.45) is 0 Å². The smallest absolute Gasteiger partial charge is 0.256 e. The van der Waals surface area contributed by atoms with Gasteiger partial charge in [-0.05, 0) is 6.42 Å². The monoisotopic (exact) mass is 243 g/mol. The fourth-order valence-corrected chi connectivity index (χ4v) is 1.72. The Morgan fingerprint density at radius 1 is 1.57 bits per heavy atom. The summed E-state index contributed by atoms with van der Waals surface area (Å²) in [4.78, 5) is 0. The largest absolute Gasteiger partial charge is 0.447 e. The van der Waals surface area contributed by atoms with Gasteiger partial charge in [-0.15, -0.1) is 0 Å². The van der Waals surface area contributed by atoms with Gasteiger partial charge in [-0.1, -0.05) is 18.5 Å². The van der Waals surface area contributed by atoms with Gasteiger partial charge in [-0.3, -0.25) is 4.68 Å². The van der Waals surface area contributed by atoms with Gasteiger partial charge in [0.15, 0.2) is 0 Å². The number of hydrogen-bond acceptors (Lipinski definition) is 2.